The summed E-state index contributed by atoms with van der Waals surface area (Å²) >= 11 is 1.06. The van der Waals surface area contributed by atoms with Crippen molar-refractivity contribution in [3.8, 4) is 0 Å². The maximum Gasteiger partial charge on any atom is 0.416 e. The van der Waals surface area contributed by atoms with Crippen LogP contribution in [0.4, 0.5) is 23.1 Å². The molecule has 5 rings (SSSR count). The Labute approximate surface area is 164 Å². The molecule has 8 heteroatoms. The predicted octanol–water partition coefficient (Wildman–Crippen LogP) is 5.65. The van der Waals surface area contributed by atoms with Gasteiger partial charge in [-0.1, -0.05) is 11.3 Å². The summed E-state index contributed by atoms with van der Waals surface area (Å²) in [4.78, 5) is 16.8. The molecule has 3 aliphatic carbocycles. The van der Waals surface area contributed by atoms with Crippen molar-refractivity contribution < 1.29 is 18.0 Å². The van der Waals surface area contributed by atoms with Crippen LogP contribution in [0.3, 0.4) is 0 Å². The summed E-state index contributed by atoms with van der Waals surface area (Å²) in [5.41, 5.74) is -0.249. The molecule has 1 heterocycles. The van der Waals surface area contributed by atoms with E-state index >= 15 is 0 Å². The molecule has 5 unspecified atom stereocenters. The molecule has 1 aromatic heterocycles. The largest absolute Gasteiger partial charge is 0.416 e. The summed E-state index contributed by atoms with van der Waals surface area (Å²) in [6.45, 7) is 0. The Morgan fingerprint density at radius 1 is 1.07 bits per heavy atom. The zero-order chi connectivity index (χ0) is 19.5. The second kappa shape index (κ2) is 6.61. The van der Waals surface area contributed by atoms with Crippen molar-refractivity contribution in [1.29, 1.82) is 0 Å². The minimum atomic E-state index is -4.39. The van der Waals surface area contributed by atoms with E-state index in [1.807, 2.05) is 0 Å². The number of thiazole rings is 1. The predicted molar refractivity (Wildman–Crippen MR) is 102 cm³/mol. The number of rotatable bonds is 2. The van der Waals surface area contributed by atoms with Crippen LogP contribution in [0.2, 0.25) is 0 Å². The van der Waals surface area contributed by atoms with Crippen LogP contribution in [0.5, 0.6) is 0 Å². The lowest BCUT2D eigenvalue weighted by Gasteiger charge is -2.33. The van der Waals surface area contributed by atoms with E-state index in [-0.39, 0.29) is 12.1 Å². The molecule has 0 radical (unpaired) electrons. The second-order valence-corrected chi connectivity index (χ2v) is 9.60. The first-order chi connectivity index (χ1) is 13.3. The van der Waals surface area contributed by atoms with Gasteiger partial charge in [0.2, 0.25) is 0 Å². The van der Waals surface area contributed by atoms with Gasteiger partial charge in [-0.3, -0.25) is 5.32 Å². The quantitative estimate of drug-likeness (QED) is 0.673. The van der Waals surface area contributed by atoms with Crippen LogP contribution in [-0.2, 0) is 6.18 Å². The van der Waals surface area contributed by atoms with Crippen molar-refractivity contribution in [2.45, 2.75) is 50.7 Å². The van der Waals surface area contributed by atoms with Gasteiger partial charge in [0.25, 0.3) is 0 Å². The van der Waals surface area contributed by atoms with Gasteiger partial charge in [0.1, 0.15) is 0 Å². The summed E-state index contributed by atoms with van der Waals surface area (Å²) in [5, 5.41) is 6.17. The molecule has 28 heavy (non-hydrogen) atoms. The standard InChI is InChI=1S/C20H22F3N3OS/c21-20(22,23)14-2-4-16-17(9-14)28-19(25-16)26-18(27)24-15-3-1-11-5-10-6-12(11)8-13(15)7-10/h2,4,9-13,15H,1,3,5-8H2,(H2,24,25,26,27). The average Bonchev–Trinajstić information content (AvgIpc) is 3.12. The van der Waals surface area contributed by atoms with Crippen LogP contribution in [0.1, 0.15) is 44.1 Å². The van der Waals surface area contributed by atoms with E-state index in [2.05, 4.69) is 15.6 Å². The molecule has 0 saturated heterocycles. The summed E-state index contributed by atoms with van der Waals surface area (Å²) in [5.74, 6) is 3.04. The van der Waals surface area contributed by atoms with Crippen LogP contribution in [0, 0.1) is 23.7 Å². The molecule has 0 aliphatic heterocycles. The maximum atomic E-state index is 12.9. The fourth-order valence-electron chi connectivity index (χ4n) is 5.69. The maximum absolute atomic E-state index is 12.9. The van der Waals surface area contributed by atoms with E-state index in [9.17, 15) is 18.0 Å². The molecular formula is C20H22F3N3OS. The fraction of sp³-hybridized carbons (Fsp3) is 0.600. The van der Waals surface area contributed by atoms with E-state index in [1.54, 1.807) is 0 Å². The van der Waals surface area contributed by atoms with E-state index < -0.39 is 11.7 Å². The number of urea groups is 1. The second-order valence-electron chi connectivity index (χ2n) is 8.57. The van der Waals surface area contributed by atoms with E-state index in [0.717, 1.165) is 47.6 Å². The van der Waals surface area contributed by atoms with Gasteiger partial charge in [-0.25, -0.2) is 9.78 Å². The molecule has 1 aromatic carbocycles. The molecule has 5 atom stereocenters. The minimum absolute atomic E-state index is 0.182. The number of anilines is 1. The Hall–Kier alpha value is -1.83. The first-order valence-corrected chi connectivity index (χ1v) is 10.7. The number of nitrogens with zero attached hydrogens (tertiary/aromatic N) is 1. The Kier molecular flexibility index (Phi) is 4.30. The highest BCUT2D eigenvalue weighted by Crippen LogP contribution is 2.53. The van der Waals surface area contributed by atoms with E-state index in [1.165, 1.54) is 38.2 Å². The first-order valence-electron chi connectivity index (χ1n) is 9.90. The van der Waals surface area contributed by atoms with Crippen molar-refractivity contribution in [3.05, 3.63) is 23.8 Å². The Morgan fingerprint density at radius 3 is 2.68 bits per heavy atom. The Morgan fingerprint density at radius 2 is 1.86 bits per heavy atom. The van der Waals surface area contributed by atoms with Gasteiger partial charge in [0, 0.05) is 6.04 Å². The highest BCUT2D eigenvalue weighted by molar-refractivity contribution is 7.22. The van der Waals surface area contributed by atoms with Crippen LogP contribution >= 0.6 is 11.3 Å². The molecule has 2 amide bonds. The van der Waals surface area contributed by atoms with E-state index in [4.69, 9.17) is 0 Å². The molecule has 2 aromatic rings. The SMILES string of the molecule is O=C(Nc1nc2ccc(C(F)(F)F)cc2s1)NC1CCC2CC3CC2CC1C3. The van der Waals surface area contributed by atoms with Gasteiger partial charge in [-0.15, -0.1) is 0 Å². The number of hydrogen-bond donors (Lipinski definition) is 2. The number of carbonyl (C=O) groups is 1. The van der Waals surface area contributed by atoms with Crippen molar-refractivity contribution in [2.75, 3.05) is 5.32 Å². The van der Waals surface area contributed by atoms with Gasteiger partial charge < -0.3 is 5.32 Å². The minimum Gasteiger partial charge on any atom is -0.335 e. The number of nitrogens with one attached hydrogen (secondary N) is 2. The zero-order valence-electron chi connectivity index (χ0n) is 15.3. The smallest absolute Gasteiger partial charge is 0.335 e. The monoisotopic (exact) mass is 409 g/mol. The van der Waals surface area contributed by atoms with Gasteiger partial charge >= 0.3 is 12.2 Å². The number of carbonyl (C=O) groups excluding carboxylic acids is 1. The molecule has 4 nitrogen and oxygen atoms in total. The van der Waals surface area contributed by atoms with Crippen LogP contribution < -0.4 is 10.6 Å². The number of hydrogen-bond acceptors (Lipinski definition) is 3. The van der Waals surface area contributed by atoms with Gasteiger partial charge in [0.05, 0.1) is 15.8 Å². The molecule has 3 bridgehead atoms. The third-order valence-electron chi connectivity index (χ3n) is 6.85. The zero-order valence-corrected chi connectivity index (χ0v) is 16.1. The highest BCUT2D eigenvalue weighted by atomic mass is 32.1. The molecule has 2 N–H and O–H groups in total. The van der Waals surface area contributed by atoms with Crippen molar-refractivity contribution >= 4 is 32.7 Å². The molecule has 3 aliphatic rings. The first kappa shape index (κ1) is 18.2. The van der Waals surface area contributed by atoms with E-state index in [0.29, 0.717) is 21.3 Å². The number of alkyl halides is 3. The normalized spacial score (nSPS) is 31.8. The molecule has 3 saturated carbocycles. The third kappa shape index (κ3) is 3.36. The number of benzene rings is 1. The van der Waals surface area contributed by atoms with Gasteiger partial charge in [-0.2, -0.15) is 13.2 Å². The van der Waals surface area contributed by atoms with Crippen molar-refractivity contribution in [1.82, 2.24) is 10.3 Å². The summed E-state index contributed by atoms with van der Waals surface area (Å²) in [7, 11) is 0. The number of amides is 2. The summed E-state index contributed by atoms with van der Waals surface area (Å²) in [6, 6.07) is 3.31. The topological polar surface area (TPSA) is 54.0 Å². The molecule has 0 spiro atoms. The summed E-state index contributed by atoms with van der Waals surface area (Å²) < 4.78 is 39.0. The molecule has 3 fully saturated rings. The molecular weight excluding hydrogens is 387 g/mol. The number of fused-ring (bicyclic) bond motifs is 3. The Bertz CT molecular complexity index is 912. The number of halogens is 3. The third-order valence-corrected chi connectivity index (χ3v) is 7.78. The van der Waals surface area contributed by atoms with Crippen LogP contribution in [0.15, 0.2) is 18.2 Å². The average molecular weight is 409 g/mol. The van der Waals surface area contributed by atoms with Gasteiger partial charge in [0.15, 0.2) is 5.13 Å². The van der Waals surface area contributed by atoms with Crippen LogP contribution in [0.25, 0.3) is 10.2 Å². The lowest BCUT2D eigenvalue weighted by Crippen LogP contribution is -2.43. The summed E-state index contributed by atoms with van der Waals surface area (Å²) in [6.07, 6.45) is 2.97. The highest BCUT2D eigenvalue weighted by Gasteiger charge is 2.45. The fourth-order valence-corrected chi connectivity index (χ4v) is 6.59. The van der Waals surface area contributed by atoms with Crippen molar-refractivity contribution in [2.24, 2.45) is 23.7 Å². The lowest BCUT2D eigenvalue weighted by molar-refractivity contribution is -0.137. The Balaban J connectivity index is 1.27. The van der Waals surface area contributed by atoms with Gasteiger partial charge in [-0.05, 0) is 80.4 Å². The molecule has 150 valence electrons. The number of aromatic nitrogens is 1. The van der Waals surface area contributed by atoms with Crippen LogP contribution in [-0.4, -0.2) is 17.1 Å². The lowest BCUT2D eigenvalue weighted by atomic mass is 9.78. The van der Waals surface area contributed by atoms with Crippen molar-refractivity contribution in [3.63, 3.8) is 0 Å².